The Bertz CT molecular complexity index is 122. The summed E-state index contributed by atoms with van der Waals surface area (Å²) in [4.78, 5) is 0. The van der Waals surface area contributed by atoms with Crippen molar-refractivity contribution in [3.05, 3.63) is 19.6 Å². The first-order chi connectivity index (χ1) is 8.26. The molecule has 0 nitrogen and oxygen atoms in total. The molecule has 0 aromatic carbocycles. The van der Waals surface area contributed by atoms with Crippen LogP contribution in [0.25, 0.3) is 0 Å². The van der Waals surface area contributed by atoms with Gasteiger partial charge in [-0.3, -0.25) is 6.58 Å². The summed E-state index contributed by atoms with van der Waals surface area (Å²) in [6.07, 6.45) is 16.0. The van der Waals surface area contributed by atoms with Crippen molar-refractivity contribution in [1.82, 2.24) is 0 Å². The van der Waals surface area contributed by atoms with Crippen LogP contribution in [0.15, 0.2) is 6.58 Å². The summed E-state index contributed by atoms with van der Waals surface area (Å²) >= 11 is 0. The molecule has 0 aliphatic heterocycles. The summed E-state index contributed by atoms with van der Waals surface area (Å²) in [5.74, 6) is 0.915. The van der Waals surface area contributed by atoms with E-state index < -0.39 is 0 Å². The van der Waals surface area contributed by atoms with Crippen molar-refractivity contribution in [2.75, 3.05) is 0 Å². The van der Waals surface area contributed by atoms with Crippen LogP contribution in [0.3, 0.4) is 0 Å². The van der Waals surface area contributed by atoms with Gasteiger partial charge >= 0.3 is 18.6 Å². The standard InChI is InChI=1S/C13H27.C4H7.V/c1-4-7-9-11-13(6-3)12-10-8-5-2;1-3-4-2;/h13H,3-12H2,1-2H3;1,4H2,2H3;/q2*-1;+2. The van der Waals surface area contributed by atoms with E-state index in [-0.39, 0.29) is 18.6 Å². The third-order valence-corrected chi connectivity index (χ3v) is 3.09. The Morgan fingerprint density at radius 2 is 1.33 bits per heavy atom. The molecule has 0 aliphatic carbocycles. The molecule has 0 spiro atoms. The fourth-order valence-corrected chi connectivity index (χ4v) is 1.80. The monoisotopic (exact) mass is 289 g/mol. The second-order valence-corrected chi connectivity index (χ2v) is 4.75. The van der Waals surface area contributed by atoms with Gasteiger partial charge in [0, 0.05) is 0 Å². The number of rotatable bonds is 10. The third-order valence-electron chi connectivity index (χ3n) is 3.09. The third kappa shape index (κ3) is 21.6. The van der Waals surface area contributed by atoms with E-state index in [2.05, 4.69) is 33.4 Å². The first kappa shape index (κ1) is 23.4. The van der Waals surface area contributed by atoms with Crippen LogP contribution in [-0.2, 0) is 18.6 Å². The average Bonchev–Trinajstić information content (AvgIpc) is 2.37. The molecule has 0 bridgehead atoms. The molecule has 0 aromatic heterocycles. The Balaban J connectivity index is -0.000000392. The molecule has 0 saturated heterocycles. The molecular formula is C17H34V. The predicted octanol–water partition coefficient (Wildman–Crippen LogP) is 6.37. The Hall–Kier alpha value is 0.324. The number of unbranched alkanes of at least 4 members (excludes halogenated alkanes) is 4. The number of hydrogen-bond acceptors (Lipinski definition) is 0. The minimum atomic E-state index is 0. The SMILES string of the molecule is C=[C-]CC.[CH2-]CC(CCCCC)CCCCC.[V+2]. The van der Waals surface area contributed by atoms with Gasteiger partial charge in [0.25, 0.3) is 0 Å². The summed E-state index contributed by atoms with van der Waals surface area (Å²) in [5.41, 5.74) is 0. The van der Waals surface area contributed by atoms with Gasteiger partial charge < -0.3 is 13.0 Å². The zero-order chi connectivity index (χ0) is 13.4. The fraction of sp³-hybridized carbons (Fsp3) is 0.824. The predicted molar refractivity (Wildman–Crippen MR) is 80.9 cm³/mol. The summed E-state index contributed by atoms with van der Waals surface area (Å²) in [6.45, 7) is 14.0. The zero-order valence-electron chi connectivity index (χ0n) is 13.0. The zero-order valence-corrected chi connectivity index (χ0v) is 14.4. The van der Waals surface area contributed by atoms with Crippen LogP contribution in [0, 0.1) is 18.9 Å². The van der Waals surface area contributed by atoms with Gasteiger partial charge in [-0.25, -0.2) is 0 Å². The van der Waals surface area contributed by atoms with Gasteiger partial charge in [0.05, 0.1) is 0 Å². The molecule has 0 heterocycles. The topological polar surface area (TPSA) is 0 Å². The van der Waals surface area contributed by atoms with Gasteiger partial charge in [-0.15, -0.1) is 0 Å². The molecule has 107 valence electrons. The Morgan fingerprint density at radius 3 is 1.56 bits per heavy atom. The van der Waals surface area contributed by atoms with E-state index in [1.165, 1.54) is 51.4 Å². The van der Waals surface area contributed by atoms with E-state index in [1.54, 1.807) is 0 Å². The number of allylic oxidation sites excluding steroid dienone is 1. The molecule has 1 heteroatoms. The largest absolute Gasteiger partial charge is 2.00 e. The molecule has 0 N–H and O–H groups in total. The molecule has 0 aliphatic rings. The van der Waals surface area contributed by atoms with E-state index in [9.17, 15) is 0 Å². The molecule has 0 aromatic rings. The van der Waals surface area contributed by atoms with E-state index in [0.29, 0.717) is 0 Å². The van der Waals surface area contributed by atoms with Gasteiger partial charge in [-0.1, -0.05) is 78.1 Å². The molecule has 0 fully saturated rings. The molecule has 0 atom stereocenters. The summed E-state index contributed by atoms with van der Waals surface area (Å²) in [5, 5.41) is 0. The molecule has 0 rings (SSSR count). The van der Waals surface area contributed by atoms with Crippen LogP contribution in [0.2, 0.25) is 0 Å². The van der Waals surface area contributed by atoms with Crippen molar-refractivity contribution in [2.45, 2.75) is 85.0 Å². The summed E-state index contributed by atoms with van der Waals surface area (Å²) < 4.78 is 0. The van der Waals surface area contributed by atoms with E-state index in [0.717, 1.165) is 18.8 Å². The Morgan fingerprint density at radius 1 is 0.944 bits per heavy atom. The van der Waals surface area contributed by atoms with Crippen LogP contribution >= 0.6 is 0 Å². The maximum absolute atomic E-state index is 4.04. The van der Waals surface area contributed by atoms with E-state index in [1.807, 2.05) is 6.92 Å². The van der Waals surface area contributed by atoms with Crippen molar-refractivity contribution in [2.24, 2.45) is 5.92 Å². The van der Waals surface area contributed by atoms with Gasteiger partial charge in [0.2, 0.25) is 0 Å². The van der Waals surface area contributed by atoms with Gasteiger partial charge in [-0.05, 0) is 0 Å². The van der Waals surface area contributed by atoms with E-state index in [4.69, 9.17) is 0 Å². The van der Waals surface area contributed by atoms with E-state index >= 15 is 0 Å². The van der Waals surface area contributed by atoms with Crippen molar-refractivity contribution < 1.29 is 18.6 Å². The van der Waals surface area contributed by atoms with Crippen molar-refractivity contribution in [1.29, 1.82) is 0 Å². The second-order valence-electron chi connectivity index (χ2n) is 4.75. The summed E-state index contributed by atoms with van der Waals surface area (Å²) in [6, 6.07) is 0. The summed E-state index contributed by atoms with van der Waals surface area (Å²) in [7, 11) is 0. The van der Waals surface area contributed by atoms with Crippen molar-refractivity contribution in [3.63, 3.8) is 0 Å². The maximum atomic E-state index is 4.04. The molecular weight excluding hydrogens is 255 g/mol. The maximum Gasteiger partial charge on any atom is 2.00 e. The quantitative estimate of drug-likeness (QED) is 0.324. The van der Waals surface area contributed by atoms with Gasteiger partial charge in [0.1, 0.15) is 0 Å². The Kier molecular flexibility index (Phi) is 29.3. The van der Waals surface area contributed by atoms with Gasteiger partial charge in [-0.2, -0.15) is 12.8 Å². The molecule has 18 heavy (non-hydrogen) atoms. The minimum Gasteiger partial charge on any atom is -0.504 e. The molecule has 0 saturated carbocycles. The minimum absolute atomic E-state index is 0. The average molecular weight is 289 g/mol. The smallest absolute Gasteiger partial charge is 0.504 e. The second kappa shape index (κ2) is 22.5. The molecule has 0 amide bonds. The van der Waals surface area contributed by atoms with Crippen LogP contribution in [0.4, 0.5) is 0 Å². The first-order valence-corrected chi connectivity index (χ1v) is 7.55. The van der Waals surface area contributed by atoms with Crippen LogP contribution in [0.5, 0.6) is 0 Å². The van der Waals surface area contributed by atoms with Crippen LogP contribution in [0.1, 0.15) is 85.0 Å². The first-order valence-electron chi connectivity index (χ1n) is 7.55. The fourth-order valence-electron chi connectivity index (χ4n) is 1.80. The van der Waals surface area contributed by atoms with Gasteiger partial charge in [0.15, 0.2) is 0 Å². The van der Waals surface area contributed by atoms with Crippen molar-refractivity contribution in [3.8, 4) is 0 Å². The Labute approximate surface area is 129 Å². The van der Waals surface area contributed by atoms with Crippen LogP contribution < -0.4 is 0 Å². The van der Waals surface area contributed by atoms with Crippen molar-refractivity contribution >= 4 is 0 Å². The van der Waals surface area contributed by atoms with Crippen LogP contribution in [-0.4, -0.2) is 0 Å². The normalized spacial score (nSPS) is 9.39. The molecule has 1 radical (unpaired) electrons. The number of hydrogen-bond donors (Lipinski definition) is 0. The molecule has 0 unspecified atom stereocenters.